The van der Waals surface area contributed by atoms with Crippen LogP contribution in [0, 0.1) is 10.1 Å². The number of amides is 1. The highest BCUT2D eigenvalue weighted by atomic mass is 32.2. The number of aromatic nitrogens is 2. The molecule has 208 valence electrons. The molecule has 1 fully saturated rings. The number of hydrogen-bond acceptors (Lipinski definition) is 9. The van der Waals surface area contributed by atoms with E-state index in [2.05, 4.69) is 15.3 Å². The number of hydrogen-bond donors (Lipinski definition) is 3. The van der Waals surface area contributed by atoms with Gasteiger partial charge in [-0.25, -0.2) is 22.5 Å². The summed E-state index contributed by atoms with van der Waals surface area (Å²) in [5.74, 6) is -0.606. The first-order chi connectivity index (χ1) is 19.1. The molecule has 3 heterocycles. The van der Waals surface area contributed by atoms with Crippen molar-refractivity contribution in [3.05, 3.63) is 82.7 Å². The number of nitro benzene ring substituents is 1. The third-order valence-corrected chi connectivity index (χ3v) is 7.75. The van der Waals surface area contributed by atoms with Crippen molar-refractivity contribution in [1.29, 1.82) is 0 Å². The Labute approximate surface area is 227 Å². The fourth-order valence-corrected chi connectivity index (χ4v) is 5.21. The summed E-state index contributed by atoms with van der Waals surface area (Å²) in [4.78, 5) is 30.6. The Morgan fingerprint density at radius 2 is 1.95 bits per heavy atom. The van der Waals surface area contributed by atoms with E-state index in [1.165, 1.54) is 30.5 Å². The van der Waals surface area contributed by atoms with E-state index in [1.807, 2.05) is 4.72 Å². The van der Waals surface area contributed by atoms with Crippen LogP contribution in [0.4, 0.5) is 15.8 Å². The molecular weight excluding hydrogens is 545 g/mol. The first-order valence-corrected chi connectivity index (χ1v) is 13.7. The first kappa shape index (κ1) is 27.0. The molecule has 1 saturated heterocycles. The number of carbonyl (C=O) groups is 1. The quantitative estimate of drug-likeness (QED) is 0.197. The highest BCUT2D eigenvalue weighted by Crippen LogP contribution is 2.32. The Kier molecular flexibility index (Phi) is 7.36. The monoisotopic (exact) mass is 569 g/mol. The van der Waals surface area contributed by atoms with Gasteiger partial charge in [-0.15, -0.1) is 0 Å². The molecule has 0 unspecified atom stereocenters. The van der Waals surface area contributed by atoms with E-state index in [9.17, 15) is 27.7 Å². The fraction of sp³-hybridized carbons (Fsp3) is 0.231. The van der Waals surface area contributed by atoms with Crippen LogP contribution < -0.4 is 14.8 Å². The largest absolute Gasteiger partial charge is 0.455 e. The molecule has 12 nitrogen and oxygen atoms in total. The number of ether oxygens (including phenoxy) is 2. The molecule has 40 heavy (non-hydrogen) atoms. The van der Waals surface area contributed by atoms with Crippen molar-refractivity contribution in [2.45, 2.75) is 23.4 Å². The number of pyridine rings is 1. The number of alkyl halides is 1. The lowest BCUT2D eigenvalue weighted by atomic mass is 9.96. The number of carbonyl (C=O) groups excluding carboxylic acids is 1. The number of rotatable bonds is 9. The van der Waals surface area contributed by atoms with E-state index < -0.39 is 37.1 Å². The number of benzene rings is 2. The number of aromatic amines is 1. The van der Waals surface area contributed by atoms with Crippen LogP contribution >= 0.6 is 0 Å². The molecule has 14 heteroatoms. The van der Waals surface area contributed by atoms with Gasteiger partial charge < -0.3 is 19.8 Å². The molecule has 5 rings (SSSR count). The first-order valence-electron chi connectivity index (χ1n) is 12.2. The Balaban J connectivity index is 1.34. The van der Waals surface area contributed by atoms with Crippen molar-refractivity contribution in [3.8, 4) is 11.5 Å². The van der Waals surface area contributed by atoms with E-state index in [0.717, 1.165) is 17.5 Å². The fourth-order valence-electron chi connectivity index (χ4n) is 4.23. The number of H-pyrrole nitrogens is 1. The SMILES string of the molecule is O=C(NS(=O)(=O)c1ccc(NCC2(F)CCOCC2)c([N+](=O)[O-])c1)c1ccccc1Oc1cnc2[nH]ccc2c1. The van der Waals surface area contributed by atoms with Crippen LogP contribution in [-0.2, 0) is 14.8 Å². The smallest absolute Gasteiger partial charge is 0.293 e. The molecular formula is C26H24FN5O7S. The van der Waals surface area contributed by atoms with Gasteiger partial charge in [-0.05, 0) is 36.4 Å². The van der Waals surface area contributed by atoms with Gasteiger partial charge in [0.2, 0.25) is 0 Å². The maximum absolute atomic E-state index is 14.9. The average molecular weight is 570 g/mol. The zero-order valence-electron chi connectivity index (χ0n) is 20.9. The number of para-hydroxylation sites is 1. The number of halogens is 1. The van der Waals surface area contributed by atoms with Crippen LogP contribution in [0.25, 0.3) is 11.0 Å². The van der Waals surface area contributed by atoms with Crippen LogP contribution in [0.5, 0.6) is 11.5 Å². The normalized spacial score (nSPS) is 14.9. The molecule has 0 spiro atoms. The number of fused-ring (bicyclic) bond motifs is 1. The Morgan fingerprint density at radius 3 is 2.73 bits per heavy atom. The van der Waals surface area contributed by atoms with Gasteiger partial charge in [-0.1, -0.05) is 12.1 Å². The number of nitrogens with zero attached hydrogens (tertiary/aromatic N) is 2. The molecule has 1 amide bonds. The van der Waals surface area contributed by atoms with Gasteiger partial charge >= 0.3 is 0 Å². The van der Waals surface area contributed by atoms with E-state index >= 15 is 0 Å². The topological polar surface area (TPSA) is 166 Å². The van der Waals surface area contributed by atoms with Crippen LogP contribution in [0.3, 0.4) is 0 Å². The third kappa shape index (κ3) is 5.87. The lowest BCUT2D eigenvalue weighted by molar-refractivity contribution is -0.384. The summed E-state index contributed by atoms with van der Waals surface area (Å²) < 4.78 is 53.9. The molecule has 3 N–H and O–H groups in total. The molecule has 0 bridgehead atoms. The van der Waals surface area contributed by atoms with Gasteiger partial charge in [-0.2, -0.15) is 0 Å². The molecule has 1 aliphatic rings. The summed E-state index contributed by atoms with van der Waals surface area (Å²) >= 11 is 0. The number of sulfonamides is 1. The van der Waals surface area contributed by atoms with E-state index in [4.69, 9.17) is 9.47 Å². The Hall–Kier alpha value is -4.56. The second-order valence-corrected chi connectivity index (χ2v) is 10.9. The second-order valence-electron chi connectivity index (χ2n) is 9.17. The zero-order chi connectivity index (χ0) is 28.3. The van der Waals surface area contributed by atoms with Crippen molar-refractivity contribution in [1.82, 2.24) is 14.7 Å². The number of nitro groups is 1. The van der Waals surface area contributed by atoms with Gasteiger partial charge in [0.1, 0.15) is 28.5 Å². The van der Waals surface area contributed by atoms with Crippen molar-refractivity contribution >= 4 is 38.3 Å². The predicted octanol–water partition coefficient (Wildman–Crippen LogP) is 4.31. The minimum atomic E-state index is -4.53. The maximum Gasteiger partial charge on any atom is 0.293 e. The summed E-state index contributed by atoms with van der Waals surface area (Å²) in [7, 11) is -4.53. The van der Waals surface area contributed by atoms with E-state index in [1.54, 1.807) is 24.4 Å². The lowest BCUT2D eigenvalue weighted by Gasteiger charge is -2.29. The molecule has 0 saturated carbocycles. The maximum atomic E-state index is 14.9. The van der Waals surface area contributed by atoms with Gasteiger partial charge in [0.15, 0.2) is 0 Å². The van der Waals surface area contributed by atoms with Crippen molar-refractivity contribution in [2.24, 2.45) is 0 Å². The molecule has 4 aromatic rings. The zero-order valence-corrected chi connectivity index (χ0v) is 21.7. The average Bonchev–Trinajstić information content (AvgIpc) is 3.40. The van der Waals surface area contributed by atoms with Crippen molar-refractivity contribution in [2.75, 3.05) is 25.1 Å². The predicted molar refractivity (Wildman–Crippen MR) is 143 cm³/mol. The lowest BCUT2D eigenvalue weighted by Crippen LogP contribution is -2.38. The van der Waals surface area contributed by atoms with E-state index in [-0.39, 0.29) is 49.6 Å². The molecule has 0 aliphatic carbocycles. The van der Waals surface area contributed by atoms with Gasteiger partial charge in [0.25, 0.3) is 21.6 Å². The van der Waals surface area contributed by atoms with Crippen molar-refractivity contribution < 1.29 is 32.0 Å². The summed E-state index contributed by atoms with van der Waals surface area (Å²) in [5, 5.41) is 15.2. The van der Waals surface area contributed by atoms with Crippen LogP contribution in [0.2, 0.25) is 0 Å². The van der Waals surface area contributed by atoms with Gasteiger partial charge in [-0.3, -0.25) is 14.9 Å². The molecule has 2 aromatic carbocycles. The number of anilines is 1. The molecule has 2 aromatic heterocycles. The summed E-state index contributed by atoms with van der Waals surface area (Å²) in [5.41, 5.74) is -1.68. The highest BCUT2D eigenvalue weighted by molar-refractivity contribution is 7.90. The molecule has 0 radical (unpaired) electrons. The minimum Gasteiger partial charge on any atom is -0.455 e. The van der Waals surface area contributed by atoms with Crippen LogP contribution in [0.1, 0.15) is 23.2 Å². The molecule has 0 atom stereocenters. The molecule has 1 aliphatic heterocycles. The Bertz CT molecular complexity index is 1690. The third-order valence-electron chi connectivity index (χ3n) is 6.42. The van der Waals surface area contributed by atoms with E-state index in [0.29, 0.717) is 11.4 Å². The minimum absolute atomic E-state index is 0.0504. The summed E-state index contributed by atoms with van der Waals surface area (Å²) in [6, 6.07) is 12.6. The van der Waals surface area contributed by atoms with Crippen LogP contribution in [-0.4, -0.2) is 54.6 Å². The van der Waals surface area contributed by atoms with Gasteiger partial charge in [0.05, 0.1) is 21.6 Å². The highest BCUT2D eigenvalue weighted by Gasteiger charge is 2.33. The summed E-state index contributed by atoms with van der Waals surface area (Å²) in [6.45, 7) is 0.276. The van der Waals surface area contributed by atoms with Gasteiger partial charge in [0, 0.05) is 50.2 Å². The Morgan fingerprint density at radius 1 is 1.18 bits per heavy atom. The van der Waals surface area contributed by atoms with Crippen LogP contribution in [0.15, 0.2) is 71.9 Å². The summed E-state index contributed by atoms with van der Waals surface area (Å²) in [6.07, 6.45) is 3.43. The van der Waals surface area contributed by atoms with Crippen molar-refractivity contribution in [3.63, 3.8) is 0 Å². The standard InChI is InChI=1S/C26H24FN5O7S/c27-26(8-11-38-12-9-26)16-30-21-6-5-19(14-22(21)32(34)35)40(36,37)31-25(33)20-3-1-2-4-23(20)39-18-13-17-7-10-28-24(17)29-15-18/h1-7,10,13-15,30H,8-9,11-12,16H2,(H,28,29)(H,31,33). The second kappa shape index (κ2) is 10.9. The number of nitrogens with one attached hydrogen (secondary N) is 3.